The summed E-state index contributed by atoms with van der Waals surface area (Å²) >= 11 is 0.917. The molecule has 0 amide bonds. The highest BCUT2D eigenvalue weighted by Crippen LogP contribution is 2.29. The number of aromatic nitrogens is 1. The van der Waals surface area contributed by atoms with Gasteiger partial charge in [0.2, 0.25) is 10.0 Å². The van der Waals surface area contributed by atoms with Crippen LogP contribution in [0.3, 0.4) is 0 Å². The molecule has 0 fully saturated rings. The summed E-state index contributed by atoms with van der Waals surface area (Å²) < 4.78 is 61.8. The molecule has 0 aliphatic rings. The molecule has 0 saturated carbocycles. The summed E-state index contributed by atoms with van der Waals surface area (Å²) in [6, 6.07) is 0. The summed E-state index contributed by atoms with van der Waals surface area (Å²) in [6.45, 7) is 3.12. The lowest BCUT2D eigenvalue weighted by atomic mass is 10.4. The molecule has 152 valence electrons. The van der Waals surface area contributed by atoms with Crippen molar-refractivity contribution in [3.05, 3.63) is 16.1 Å². The fourth-order valence-corrected chi connectivity index (χ4v) is 3.59. The van der Waals surface area contributed by atoms with E-state index in [1.54, 1.807) is 6.92 Å². The van der Waals surface area contributed by atoms with E-state index in [1.807, 2.05) is 0 Å². The number of nitrogens with one attached hydrogen (secondary N) is 2. The van der Waals surface area contributed by atoms with Crippen LogP contribution < -0.4 is 10.6 Å². The predicted octanol–water partition coefficient (Wildman–Crippen LogP) is 2.12. The molecule has 0 aliphatic heterocycles. The average Bonchev–Trinajstić information content (AvgIpc) is 2.98. The van der Waals surface area contributed by atoms with Crippen LogP contribution in [0.25, 0.3) is 0 Å². The fraction of sp³-hybridized carbons (Fsp3) is 0.692. The van der Waals surface area contributed by atoms with Crippen LogP contribution in [0.2, 0.25) is 0 Å². The third-order valence-electron chi connectivity index (χ3n) is 3.17. The highest BCUT2D eigenvalue weighted by atomic mass is 127. The molecule has 0 bridgehead atoms. The molecule has 7 nitrogen and oxygen atoms in total. The van der Waals surface area contributed by atoms with E-state index < -0.39 is 21.9 Å². The molecule has 13 heteroatoms. The topological polar surface area (TPSA) is 86.7 Å². The number of sulfonamides is 1. The normalized spacial score (nSPS) is 12.8. The van der Waals surface area contributed by atoms with Crippen molar-refractivity contribution >= 4 is 51.3 Å². The van der Waals surface area contributed by atoms with Crippen LogP contribution in [0.5, 0.6) is 0 Å². The second kappa shape index (κ2) is 11.2. The minimum atomic E-state index is -4.44. The van der Waals surface area contributed by atoms with Crippen LogP contribution in [-0.4, -0.2) is 56.6 Å². The summed E-state index contributed by atoms with van der Waals surface area (Å²) in [5.41, 5.74) is -0.905. The lowest BCUT2D eigenvalue weighted by Gasteiger charge is -2.18. The summed E-state index contributed by atoms with van der Waals surface area (Å²) in [4.78, 5) is 7.48. The van der Waals surface area contributed by atoms with Gasteiger partial charge in [0.1, 0.15) is 5.01 Å². The number of guanidine groups is 1. The molecule has 0 unspecified atom stereocenters. The van der Waals surface area contributed by atoms with E-state index in [0.29, 0.717) is 37.0 Å². The second-order valence-corrected chi connectivity index (χ2v) is 8.01. The van der Waals surface area contributed by atoms with Gasteiger partial charge in [-0.3, -0.25) is 4.99 Å². The van der Waals surface area contributed by atoms with Gasteiger partial charge >= 0.3 is 6.18 Å². The quantitative estimate of drug-likeness (QED) is 0.233. The number of thiazole rings is 1. The van der Waals surface area contributed by atoms with Crippen LogP contribution in [0.4, 0.5) is 13.2 Å². The Kier molecular flexibility index (Phi) is 10.9. The van der Waals surface area contributed by atoms with Gasteiger partial charge < -0.3 is 10.6 Å². The summed E-state index contributed by atoms with van der Waals surface area (Å²) in [6.07, 6.45) is -2.72. The standard InChI is InChI=1S/C13H22F3N5O2S2.HI/c1-4-21(25(3,22)23)7-5-6-18-12(17-2)19-8-11-20-10(9-24-11)13(14,15)16;/h9H,4-8H2,1-3H3,(H2,17,18,19);1H. The van der Waals surface area contributed by atoms with E-state index in [9.17, 15) is 21.6 Å². The van der Waals surface area contributed by atoms with Crippen molar-refractivity contribution in [1.29, 1.82) is 0 Å². The molecular formula is C13H23F3IN5O2S2. The molecule has 1 heterocycles. The van der Waals surface area contributed by atoms with E-state index in [1.165, 1.54) is 11.4 Å². The van der Waals surface area contributed by atoms with Crippen LogP contribution in [0, 0.1) is 0 Å². The number of nitrogens with zero attached hydrogens (tertiary/aromatic N) is 3. The van der Waals surface area contributed by atoms with Crippen LogP contribution in [0.1, 0.15) is 24.0 Å². The number of rotatable bonds is 8. The van der Waals surface area contributed by atoms with Crippen LogP contribution in [-0.2, 0) is 22.7 Å². The predicted molar refractivity (Wildman–Crippen MR) is 107 cm³/mol. The molecule has 0 saturated heterocycles. The van der Waals surface area contributed by atoms with Crippen LogP contribution >= 0.6 is 35.3 Å². The number of hydrogen-bond donors (Lipinski definition) is 2. The maximum atomic E-state index is 12.5. The minimum Gasteiger partial charge on any atom is -0.356 e. The first-order chi connectivity index (χ1) is 11.6. The summed E-state index contributed by atoms with van der Waals surface area (Å²) in [7, 11) is -1.68. The van der Waals surface area contributed by atoms with Gasteiger partial charge in [0.05, 0.1) is 12.8 Å². The molecule has 1 aromatic rings. The third kappa shape index (κ3) is 8.81. The molecule has 1 aromatic heterocycles. The second-order valence-electron chi connectivity index (χ2n) is 5.09. The van der Waals surface area contributed by atoms with Gasteiger partial charge in [-0.05, 0) is 6.42 Å². The lowest BCUT2D eigenvalue weighted by Crippen LogP contribution is -2.39. The Morgan fingerprint density at radius 3 is 2.50 bits per heavy atom. The zero-order chi connectivity index (χ0) is 19.1. The van der Waals surface area contributed by atoms with Crippen molar-refractivity contribution in [2.45, 2.75) is 26.1 Å². The Morgan fingerprint density at radius 1 is 1.38 bits per heavy atom. The zero-order valence-corrected chi connectivity index (χ0v) is 18.6. The molecule has 0 radical (unpaired) electrons. The smallest absolute Gasteiger partial charge is 0.356 e. The summed E-state index contributed by atoms with van der Waals surface area (Å²) in [5, 5.41) is 7.12. The van der Waals surface area contributed by atoms with E-state index >= 15 is 0 Å². The van der Waals surface area contributed by atoms with Crippen molar-refractivity contribution < 1.29 is 21.6 Å². The Labute approximate surface area is 172 Å². The average molecular weight is 529 g/mol. The fourth-order valence-electron chi connectivity index (χ4n) is 1.92. The first-order valence-electron chi connectivity index (χ1n) is 7.49. The maximum absolute atomic E-state index is 12.5. The van der Waals surface area contributed by atoms with E-state index in [0.717, 1.165) is 23.0 Å². The third-order valence-corrected chi connectivity index (χ3v) is 5.40. The van der Waals surface area contributed by atoms with Gasteiger partial charge in [0, 0.05) is 32.1 Å². The highest BCUT2D eigenvalue weighted by molar-refractivity contribution is 14.0. The van der Waals surface area contributed by atoms with Crippen molar-refractivity contribution in [2.24, 2.45) is 4.99 Å². The molecule has 0 atom stereocenters. The zero-order valence-electron chi connectivity index (χ0n) is 14.6. The number of halogens is 4. The monoisotopic (exact) mass is 529 g/mol. The van der Waals surface area contributed by atoms with Gasteiger partial charge in [-0.25, -0.2) is 17.7 Å². The minimum absolute atomic E-state index is 0. The number of alkyl halides is 3. The summed E-state index contributed by atoms with van der Waals surface area (Å²) in [5.74, 6) is 0.408. The van der Waals surface area contributed by atoms with Crippen molar-refractivity contribution in [3.63, 3.8) is 0 Å². The molecule has 0 aromatic carbocycles. The van der Waals surface area contributed by atoms with Gasteiger partial charge in [0.15, 0.2) is 11.7 Å². The number of hydrogen-bond acceptors (Lipinski definition) is 5. The van der Waals surface area contributed by atoms with Crippen LogP contribution in [0.15, 0.2) is 10.4 Å². The van der Waals surface area contributed by atoms with Gasteiger partial charge in [-0.15, -0.1) is 35.3 Å². The molecule has 1 rings (SSSR count). The SMILES string of the molecule is CCN(CCCNC(=NC)NCc1nc(C(F)(F)F)cs1)S(C)(=O)=O.I. The van der Waals surface area contributed by atoms with E-state index in [2.05, 4.69) is 20.6 Å². The van der Waals surface area contributed by atoms with E-state index in [4.69, 9.17) is 0 Å². The van der Waals surface area contributed by atoms with Gasteiger partial charge in [-0.2, -0.15) is 13.2 Å². The Balaban J connectivity index is 0.00000625. The maximum Gasteiger partial charge on any atom is 0.434 e. The Hall–Kier alpha value is -0.670. The molecule has 2 N–H and O–H groups in total. The first kappa shape index (κ1) is 25.3. The largest absolute Gasteiger partial charge is 0.434 e. The van der Waals surface area contributed by atoms with Gasteiger partial charge in [-0.1, -0.05) is 6.92 Å². The molecule has 26 heavy (non-hydrogen) atoms. The van der Waals surface area contributed by atoms with E-state index in [-0.39, 0.29) is 30.5 Å². The highest BCUT2D eigenvalue weighted by Gasteiger charge is 2.33. The van der Waals surface area contributed by atoms with Crippen molar-refractivity contribution in [3.8, 4) is 0 Å². The molecule has 0 aliphatic carbocycles. The molecule has 0 spiro atoms. The van der Waals surface area contributed by atoms with Crippen molar-refractivity contribution in [1.82, 2.24) is 19.9 Å². The molecular weight excluding hydrogens is 506 g/mol. The first-order valence-corrected chi connectivity index (χ1v) is 10.2. The number of aliphatic imine (C=N–C) groups is 1. The van der Waals surface area contributed by atoms with Gasteiger partial charge in [0.25, 0.3) is 0 Å². The Morgan fingerprint density at radius 2 is 2.04 bits per heavy atom. The Bertz CT molecular complexity index is 680. The lowest BCUT2D eigenvalue weighted by molar-refractivity contribution is -0.140. The van der Waals surface area contributed by atoms with Crippen molar-refractivity contribution in [2.75, 3.05) is 32.9 Å².